The van der Waals surface area contributed by atoms with Crippen LogP contribution in [0.2, 0.25) is 0 Å². The number of sulfonamides is 1. The molecule has 0 aliphatic carbocycles. The molecule has 3 aromatic carbocycles. The van der Waals surface area contributed by atoms with E-state index in [-0.39, 0.29) is 16.3 Å². The lowest BCUT2D eigenvalue weighted by molar-refractivity contribution is -0.384. The Kier molecular flexibility index (Phi) is 7.11. The average Bonchev–Trinajstić information content (AvgIpc) is 2.77. The van der Waals surface area contributed by atoms with Gasteiger partial charge in [0.2, 0.25) is 0 Å². The molecule has 3 rings (SSSR count). The minimum Gasteiger partial charge on any atom is -0.495 e. The van der Waals surface area contributed by atoms with Crippen LogP contribution in [-0.2, 0) is 10.0 Å². The van der Waals surface area contributed by atoms with Crippen LogP contribution in [0.5, 0.6) is 5.75 Å². The zero-order valence-corrected chi connectivity index (χ0v) is 19.5. The van der Waals surface area contributed by atoms with Crippen LogP contribution in [-0.4, -0.2) is 26.2 Å². The molecule has 0 fully saturated rings. The summed E-state index contributed by atoms with van der Waals surface area (Å²) in [6.07, 6.45) is 0. The van der Waals surface area contributed by atoms with E-state index < -0.39 is 20.6 Å². The number of anilines is 2. The van der Waals surface area contributed by atoms with Crippen molar-refractivity contribution in [1.82, 2.24) is 0 Å². The smallest absolute Gasteiger partial charge is 0.295 e. The van der Waals surface area contributed by atoms with Crippen LogP contribution in [0.3, 0.4) is 0 Å². The number of nitro benzene ring substituents is 1. The zero-order chi connectivity index (χ0) is 23.3. The summed E-state index contributed by atoms with van der Waals surface area (Å²) in [5.74, 6) is 0.321. The number of hydrogen-bond donors (Lipinski definition) is 2. The lowest BCUT2D eigenvalue weighted by atomic mass is 10.1. The summed E-state index contributed by atoms with van der Waals surface area (Å²) in [4.78, 5) is 10.6. The van der Waals surface area contributed by atoms with Crippen LogP contribution in [0.15, 0.2) is 81.2 Å². The highest BCUT2D eigenvalue weighted by Gasteiger charge is 2.22. The van der Waals surface area contributed by atoms with Gasteiger partial charge in [0.05, 0.1) is 28.3 Å². The number of methoxy groups -OCH3 is 1. The molecule has 32 heavy (non-hydrogen) atoms. The molecule has 0 aliphatic heterocycles. The van der Waals surface area contributed by atoms with Crippen LogP contribution in [0.4, 0.5) is 17.1 Å². The maximum atomic E-state index is 12.8. The summed E-state index contributed by atoms with van der Waals surface area (Å²) in [5, 5.41) is 15.8. The van der Waals surface area contributed by atoms with E-state index in [4.69, 9.17) is 4.74 Å². The summed E-state index contributed by atoms with van der Waals surface area (Å²) in [7, 11) is -2.69. The molecule has 2 N–H and O–H groups in total. The largest absolute Gasteiger partial charge is 0.495 e. The van der Waals surface area contributed by atoms with Crippen molar-refractivity contribution >= 4 is 48.7 Å². The van der Waals surface area contributed by atoms with Crippen molar-refractivity contribution in [3.05, 3.63) is 86.9 Å². The fourth-order valence-corrected chi connectivity index (χ4v) is 4.11. The van der Waals surface area contributed by atoms with E-state index in [0.29, 0.717) is 11.5 Å². The van der Waals surface area contributed by atoms with Gasteiger partial charge in [0, 0.05) is 10.5 Å². The predicted octanol–water partition coefficient (Wildman–Crippen LogP) is 5.00. The Morgan fingerprint density at radius 3 is 2.41 bits per heavy atom. The van der Waals surface area contributed by atoms with Crippen molar-refractivity contribution in [3.63, 3.8) is 0 Å². The van der Waals surface area contributed by atoms with E-state index in [0.717, 1.165) is 16.1 Å². The van der Waals surface area contributed by atoms with Gasteiger partial charge in [-0.3, -0.25) is 20.3 Å². The number of benzene rings is 3. The van der Waals surface area contributed by atoms with Gasteiger partial charge in [-0.05, 0) is 48.9 Å². The molecule has 0 saturated heterocycles. The number of nitro groups is 1. The molecule has 0 aliphatic rings. The number of nitrogens with one attached hydrogen (secondary N) is 2. The minimum absolute atomic E-state index is 0.0581. The van der Waals surface area contributed by atoms with E-state index >= 15 is 0 Å². The zero-order valence-electron chi connectivity index (χ0n) is 17.1. The Morgan fingerprint density at radius 1 is 1.06 bits per heavy atom. The summed E-state index contributed by atoms with van der Waals surface area (Å²) >= 11 is 3.36. The second-order valence-corrected chi connectivity index (χ2v) is 9.16. The molecule has 0 radical (unpaired) electrons. The Morgan fingerprint density at radius 2 is 1.75 bits per heavy atom. The van der Waals surface area contributed by atoms with Crippen molar-refractivity contribution in [2.24, 2.45) is 5.10 Å². The van der Waals surface area contributed by atoms with Crippen molar-refractivity contribution in [2.45, 2.75) is 11.8 Å². The molecule has 0 amide bonds. The maximum absolute atomic E-state index is 12.8. The quantitative estimate of drug-likeness (QED) is 0.245. The molecular formula is C21H19BrN4O5S. The Bertz CT molecular complexity index is 1280. The van der Waals surface area contributed by atoms with Gasteiger partial charge < -0.3 is 4.74 Å². The second kappa shape index (κ2) is 9.79. The third-order valence-corrected chi connectivity index (χ3v) is 6.33. The molecule has 166 valence electrons. The third kappa shape index (κ3) is 5.42. The van der Waals surface area contributed by atoms with Gasteiger partial charge in [-0.1, -0.05) is 40.2 Å². The molecule has 0 bridgehead atoms. The van der Waals surface area contributed by atoms with Crippen LogP contribution < -0.4 is 14.9 Å². The van der Waals surface area contributed by atoms with Crippen molar-refractivity contribution in [3.8, 4) is 5.75 Å². The lowest BCUT2D eigenvalue weighted by Crippen LogP contribution is -2.14. The number of ether oxygens (including phenoxy) is 1. The SMILES string of the molecule is COc1ccccc1NS(=O)(=O)c1ccc(N/N=C(\C)c2ccc(Br)cc2)c([N+](=O)[O-])c1. The molecule has 3 aromatic rings. The van der Waals surface area contributed by atoms with Crippen LogP contribution in [0.25, 0.3) is 0 Å². The fraction of sp³-hybridized carbons (Fsp3) is 0.0952. The molecular weight excluding hydrogens is 500 g/mol. The van der Waals surface area contributed by atoms with Gasteiger partial charge in [-0.15, -0.1) is 0 Å². The van der Waals surface area contributed by atoms with Crippen LogP contribution in [0, 0.1) is 10.1 Å². The first-order valence-electron chi connectivity index (χ1n) is 9.22. The minimum atomic E-state index is -4.10. The molecule has 0 spiro atoms. The summed E-state index contributed by atoms with van der Waals surface area (Å²) < 4.78 is 34.0. The van der Waals surface area contributed by atoms with Crippen LogP contribution in [0.1, 0.15) is 12.5 Å². The van der Waals surface area contributed by atoms with E-state index in [1.54, 1.807) is 25.1 Å². The molecule has 9 nitrogen and oxygen atoms in total. The maximum Gasteiger partial charge on any atom is 0.295 e. The molecule has 0 aromatic heterocycles. The number of rotatable bonds is 8. The summed E-state index contributed by atoms with van der Waals surface area (Å²) in [6.45, 7) is 1.75. The van der Waals surface area contributed by atoms with Gasteiger partial charge in [0.25, 0.3) is 15.7 Å². The van der Waals surface area contributed by atoms with Gasteiger partial charge in [0.15, 0.2) is 0 Å². The Balaban J connectivity index is 1.89. The van der Waals surface area contributed by atoms with E-state index in [9.17, 15) is 18.5 Å². The fourth-order valence-electron chi connectivity index (χ4n) is 2.76. The van der Waals surface area contributed by atoms with Gasteiger partial charge in [-0.25, -0.2) is 8.42 Å². The summed E-state index contributed by atoms with van der Waals surface area (Å²) in [5.41, 5.74) is 3.92. The van der Waals surface area contributed by atoms with Gasteiger partial charge in [-0.2, -0.15) is 5.10 Å². The molecule has 0 unspecified atom stereocenters. The third-order valence-electron chi connectivity index (χ3n) is 4.43. The standard InChI is InChI=1S/C21H19BrN4O5S/c1-14(15-7-9-16(22)10-8-15)23-24-18-12-11-17(13-20(18)26(27)28)32(29,30)25-19-5-3-4-6-21(19)31-2/h3-13,24-25H,1-2H3/b23-14+. The molecule has 0 heterocycles. The van der Waals surface area contributed by atoms with Gasteiger partial charge in [0.1, 0.15) is 11.4 Å². The number of hydrogen-bond acceptors (Lipinski definition) is 7. The van der Waals surface area contributed by atoms with E-state index in [2.05, 4.69) is 31.2 Å². The number of hydrazone groups is 1. The van der Waals surface area contributed by atoms with E-state index in [1.165, 1.54) is 25.3 Å². The molecule has 11 heteroatoms. The van der Waals surface area contributed by atoms with Crippen molar-refractivity contribution in [1.29, 1.82) is 0 Å². The van der Waals surface area contributed by atoms with E-state index in [1.807, 2.05) is 24.3 Å². The number of para-hydroxylation sites is 2. The first kappa shape index (κ1) is 23.2. The predicted molar refractivity (Wildman–Crippen MR) is 127 cm³/mol. The number of nitrogens with zero attached hydrogens (tertiary/aromatic N) is 2. The summed E-state index contributed by atoms with van der Waals surface area (Å²) in [6, 6.07) is 17.4. The number of halogens is 1. The van der Waals surface area contributed by atoms with Gasteiger partial charge >= 0.3 is 0 Å². The molecule has 0 atom stereocenters. The first-order chi connectivity index (χ1) is 15.2. The highest BCUT2D eigenvalue weighted by Crippen LogP contribution is 2.30. The monoisotopic (exact) mass is 518 g/mol. The average molecular weight is 519 g/mol. The normalized spacial score (nSPS) is 11.7. The second-order valence-electron chi connectivity index (χ2n) is 6.56. The highest BCUT2D eigenvalue weighted by atomic mass is 79.9. The van der Waals surface area contributed by atoms with Crippen LogP contribution >= 0.6 is 15.9 Å². The van der Waals surface area contributed by atoms with Crippen molar-refractivity contribution in [2.75, 3.05) is 17.3 Å². The Labute approximate surface area is 193 Å². The lowest BCUT2D eigenvalue weighted by Gasteiger charge is -2.12. The highest BCUT2D eigenvalue weighted by molar-refractivity contribution is 9.10. The molecule has 0 saturated carbocycles. The Hall–Kier alpha value is -3.44. The first-order valence-corrected chi connectivity index (χ1v) is 11.5. The topological polar surface area (TPSA) is 123 Å². The van der Waals surface area contributed by atoms with Crippen molar-refractivity contribution < 1.29 is 18.1 Å².